The van der Waals surface area contributed by atoms with Crippen molar-refractivity contribution in [2.24, 2.45) is 5.92 Å². The van der Waals surface area contributed by atoms with Crippen LogP contribution in [-0.2, 0) is 9.59 Å². The number of carbonyl (C=O) groups excluding carboxylic acids is 2. The summed E-state index contributed by atoms with van der Waals surface area (Å²) < 4.78 is 0. The zero-order valence-corrected chi connectivity index (χ0v) is 15.0. The van der Waals surface area contributed by atoms with Crippen LogP contribution in [-0.4, -0.2) is 52.7 Å². The number of amides is 2. The molecule has 1 aromatic carbocycles. The summed E-state index contributed by atoms with van der Waals surface area (Å²) in [7, 11) is 0. The minimum Gasteiger partial charge on any atom is -0.394 e. The Morgan fingerprint density at radius 3 is 2.65 bits per heavy atom. The van der Waals surface area contributed by atoms with E-state index in [0.717, 1.165) is 18.4 Å². The number of rotatable bonds is 9. The maximum Gasteiger partial charge on any atom is 0.224 e. The molecule has 142 valence electrons. The third-order valence-electron chi connectivity index (χ3n) is 4.85. The maximum absolute atomic E-state index is 12.7. The summed E-state index contributed by atoms with van der Waals surface area (Å²) in [5.41, 5.74) is 0.812. The van der Waals surface area contributed by atoms with Gasteiger partial charge in [-0.05, 0) is 24.8 Å². The number of nitrogens with zero attached hydrogens (tertiary/aromatic N) is 1. The Hall–Kier alpha value is -2.18. The van der Waals surface area contributed by atoms with Gasteiger partial charge in [-0.2, -0.15) is 0 Å². The number of aliphatic hydroxyl groups excluding tert-OH is 2. The highest BCUT2D eigenvalue weighted by Crippen LogP contribution is 2.21. The fourth-order valence-corrected chi connectivity index (χ4v) is 3.38. The Morgan fingerprint density at radius 2 is 2.04 bits per heavy atom. The summed E-state index contributed by atoms with van der Waals surface area (Å²) in [6.07, 6.45) is 3.74. The SMILES string of the molecule is C=CC[C@H](CC(=O)N1CCC[C@H]1CO)C(=O)N[C@H](CO)c1ccccc1. The van der Waals surface area contributed by atoms with E-state index < -0.39 is 12.0 Å². The molecule has 1 aliphatic heterocycles. The second-order valence-electron chi connectivity index (χ2n) is 6.65. The molecular weight excluding hydrogens is 332 g/mol. The molecule has 26 heavy (non-hydrogen) atoms. The van der Waals surface area contributed by atoms with E-state index in [2.05, 4.69) is 11.9 Å². The van der Waals surface area contributed by atoms with Gasteiger partial charge in [-0.15, -0.1) is 6.58 Å². The van der Waals surface area contributed by atoms with Gasteiger partial charge in [0.25, 0.3) is 0 Å². The molecule has 1 saturated heterocycles. The normalized spacial score (nSPS) is 19.0. The fraction of sp³-hybridized carbons (Fsp3) is 0.500. The maximum atomic E-state index is 12.7. The van der Waals surface area contributed by atoms with Crippen molar-refractivity contribution < 1.29 is 19.8 Å². The van der Waals surface area contributed by atoms with Crippen LogP contribution >= 0.6 is 0 Å². The summed E-state index contributed by atoms with van der Waals surface area (Å²) in [6, 6.07) is 8.57. The van der Waals surface area contributed by atoms with Crippen LogP contribution in [0.4, 0.5) is 0 Å². The van der Waals surface area contributed by atoms with Crippen LogP contribution in [0.15, 0.2) is 43.0 Å². The number of benzene rings is 1. The molecule has 0 aromatic heterocycles. The van der Waals surface area contributed by atoms with Crippen LogP contribution in [0.2, 0.25) is 0 Å². The Labute approximate surface area is 154 Å². The van der Waals surface area contributed by atoms with Crippen LogP contribution in [0.3, 0.4) is 0 Å². The van der Waals surface area contributed by atoms with Crippen LogP contribution < -0.4 is 5.32 Å². The van der Waals surface area contributed by atoms with E-state index in [1.54, 1.807) is 11.0 Å². The van der Waals surface area contributed by atoms with Gasteiger partial charge in [-0.3, -0.25) is 9.59 Å². The molecule has 6 heteroatoms. The van der Waals surface area contributed by atoms with Gasteiger partial charge in [0.2, 0.25) is 11.8 Å². The zero-order valence-electron chi connectivity index (χ0n) is 15.0. The van der Waals surface area contributed by atoms with E-state index >= 15 is 0 Å². The van der Waals surface area contributed by atoms with E-state index in [9.17, 15) is 19.8 Å². The first-order valence-corrected chi connectivity index (χ1v) is 9.08. The van der Waals surface area contributed by atoms with Crippen molar-refractivity contribution in [3.8, 4) is 0 Å². The second kappa shape index (κ2) is 10.1. The average molecular weight is 360 g/mol. The predicted octanol–water partition coefficient (Wildman–Crippen LogP) is 1.40. The molecule has 0 spiro atoms. The van der Waals surface area contributed by atoms with Crippen LogP contribution in [0, 0.1) is 5.92 Å². The van der Waals surface area contributed by atoms with E-state index in [1.165, 1.54) is 0 Å². The largest absolute Gasteiger partial charge is 0.394 e. The number of allylic oxidation sites excluding steroid dienone is 1. The Balaban J connectivity index is 2.02. The highest BCUT2D eigenvalue weighted by atomic mass is 16.3. The lowest BCUT2D eigenvalue weighted by atomic mass is 9.98. The topological polar surface area (TPSA) is 89.9 Å². The molecule has 0 unspecified atom stereocenters. The van der Waals surface area contributed by atoms with Crippen molar-refractivity contribution in [2.45, 2.75) is 37.8 Å². The van der Waals surface area contributed by atoms with Crippen molar-refractivity contribution in [2.75, 3.05) is 19.8 Å². The van der Waals surface area contributed by atoms with Gasteiger partial charge in [0.1, 0.15) is 0 Å². The number of nitrogens with one attached hydrogen (secondary N) is 1. The molecular formula is C20H28N2O4. The lowest BCUT2D eigenvalue weighted by Crippen LogP contribution is -2.41. The molecule has 2 amide bonds. The third-order valence-corrected chi connectivity index (χ3v) is 4.85. The van der Waals surface area contributed by atoms with E-state index in [0.29, 0.717) is 13.0 Å². The smallest absolute Gasteiger partial charge is 0.224 e. The van der Waals surface area contributed by atoms with E-state index in [-0.39, 0.29) is 37.5 Å². The first-order chi connectivity index (χ1) is 12.6. The van der Waals surface area contributed by atoms with E-state index in [1.807, 2.05) is 30.3 Å². The van der Waals surface area contributed by atoms with Gasteiger partial charge in [0.15, 0.2) is 0 Å². The molecule has 1 heterocycles. The molecule has 0 aliphatic carbocycles. The highest BCUT2D eigenvalue weighted by molar-refractivity contribution is 5.86. The Morgan fingerprint density at radius 1 is 1.31 bits per heavy atom. The monoisotopic (exact) mass is 360 g/mol. The van der Waals surface area contributed by atoms with Crippen LogP contribution in [0.25, 0.3) is 0 Å². The molecule has 0 bridgehead atoms. The first-order valence-electron chi connectivity index (χ1n) is 9.08. The molecule has 1 aliphatic rings. The summed E-state index contributed by atoms with van der Waals surface area (Å²) >= 11 is 0. The summed E-state index contributed by atoms with van der Waals surface area (Å²) in [6.45, 7) is 4.03. The van der Waals surface area contributed by atoms with Gasteiger partial charge in [0.05, 0.1) is 31.2 Å². The minimum atomic E-state index is -0.544. The number of carbonyl (C=O) groups is 2. The van der Waals surface area contributed by atoms with Gasteiger partial charge >= 0.3 is 0 Å². The Kier molecular flexibility index (Phi) is 7.81. The van der Waals surface area contributed by atoms with Crippen molar-refractivity contribution in [1.29, 1.82) is 0 Å². The van der Waals surface area contributed by atoms with Crippen molar-refractivity contribution in [3.05, 3.63) is 48.6 Å². The number of hydrogen-bond donors (Lipinski definition) is 3. The number of hydrogen-bond acceptors (Lipinski definition) is 4. The molecule has 6 nitrogen and oxygen atoms in total. The van der Waals surface area contributed by atoms with Crippen molar-refractivity contribution >= 4 is 11.8 Å². The minimum absolute atomic E-state index is 0.0509. The van der Waals surface area contributed by atoms with Gasteiger partial charge in [-0.1, -0.05) is 36.4 Å². The van der Waals surface area contributed by atoms with Gasteiger partial charge in [0, 0.05) is 13.0 Å². The van der Waals surface area contributed by atoms with E-state index in [4.69, 9.17) is 0 Å². The molecule has 3 atom stereocenters. The quantitative estimate of drug-likeness (QED) is 0.581. The first kappa shape index (κ1) is 20.1. The summed E-state index contributed by atoms with van der Waals surface area (Å²) in [4.78, 5) is 26.9. The van der Waals surface area contributed by atoms with Crippen molar-refractivity contribution in [3.63, 3.8) is 0 Å². The van der Waals surface area contributed by atoms with Crippen LogP contribution in [0.5, 0.6) is 0 Å². The number of likely N-dealkylation sites (tertiary alicyclic amines) is 1. The fourth-order valence-electron chi connectivity index (χ4n) is 3.38. The van der Waals surface area contributed by atoms with Crippen LogP contribution in [0.1, 0.15) is 37.3 Å². The number of aliphatic hydroxyl groups is 2. The lowest BCUT2D eigenvalue weighted by Gasteiger charge is -2.26. The lowest BCUT2D eigenvalue weighted by molar-refractivity contribution is -0.137. The van der Waals surface area contributed by atoms with Crippen molar-refractivity contribution in [1.82, 2.24) is 10.2 Å². The Bertz CT molecular complexity index is 605. The third kappa shape index (κ3) is 5.16. The molecule has 0 radical (unpaired) electrons. The molecule has 1 fully saturated rings. The molecule has 2 rings (SSSR count). The predicted molar refractivity (Wildman–Crippen MR) is 99.2 cm³/mol. The van der Waals surface area contributed by atoms with Gasteiger partial charge < -0.3 is 20.4 Å². The zero-order chi connectivity index (χ0) is 18.9. The summed E-state index contributed by atoms with van der Waals surface area (Å²) in [5, 5.41) is 21.8. The highest BCUT2D eigenvalue weighted by Gasteiger charge is 2.31. The molecule has 3 N–H and O–H groups in total. The van der Waals surface area contributed by atoms with Gasteiger partial charge in [-0.25, -0.2) is 0 Å². The average Bonchev–Trinajstić information content (AvgIpc) is 3.15. The summed E-state index contributed by atoms with van der Waals surface area (Å²) in [5.74, 6) is -0.942. The molecule has 0 saturated carbocycles. The standard InChI is InChI=1S/C20H28N2O4/c1-2-7-16(12-19(25)22-11-6-10-17(22)13-23)20(26)21-18(14-24)15-8-4-3-5-9-15/h2-5,8-9,16-18,23-24H,1,6-7,10-14H2,(H,21,26)/t16-,17+,18-/m1/s1. The molecule has 1 aromatic rings. The second-order valence-corrected chi connectivity index (χ2v) is 6.65.